The van der Waals surface area contributed by atoms with Gasteiger partial charge < -0.3 is 4.42 Å². The molecule has 0 spiro atoms. The van der Waals surface area contributed by atoms with E-state index in [4.69, 9.17) is 4.42 Å². The number of furan rings is 1. The van der Waals surface area contributed by atoms with Gasteiger partial charge in [-0.2, -0.15) is 0 Å². The van der Waals surface area contributed by atoms with Gasteiger partial charge in [-0.25, -0.2) is 0 Å². The Morgan fingerprint density at radius 1 is 0.358 bits per heavy atom. The van der Waals surface area contributed by atoms with Crippen molar-refractivity contribution in [1.82, 2.24) is 0 Å². The van der Waals surface area contributed by atoms with E-state index in [2.05, 4.69) is 183 Å². The van der Waals surface area contributed by atoms with Gasteiger partial charge in [0.25, 0.3) is 0 Å². The highest BCUT2D eigenvalue weighted by Gasteiger charge is 2.23. The first-order chi connectivity index (χ1) is 26.2. The molecule has 0 atom stereocenters. The third kappa shape index (κ3) is 4.49. The van der Waals surface area contributed by atoms with Crippen LogP contribution in [0.4, 0.5) is 0 Å². The second-order valence-corrected chi connectivity index (χ2v) is 15.2. The van der Waals surface area contributed by atoms with E-state index in [0.29, 0.717) is 0 Å². The van der Waals surface area contributed by atoms with E-state index >= 15 is 0 Å². The molecule has 9 aromatic carbocycles. The fourth-order valence-electron chi connectivity index (χ4n) is 8.84. The maximum atomic E-state index is 7.03. The van der Waals surface area contributed by atoms with Crippen molar-refractivity contribution in [2.75, 3.05) is 0 Å². The van der Waals surface area contributed by atoms with Gasteiger partial charge in [0.05, 0.1) is 0 Å². The smallest absolute Gasteiger partial charge is 0.143 e. The normalized spacial score (nSPS) is 11.9. The largest absolute Gasteiger partial charge is 0.455 e. The molecule has 2 heterocycles. The van der Waals surface area contributed by atoms with Gasteiger partial charge in [-0.1, -0.05) is 158 Å². The van der Waals surface area contributed by atoms with Crippen molar-refractivity contribution in [2.45, 2.75) is 6.92 Å². The highest BCUT2D eigenvalue weighted by atomic mass is 32.1. The van der Waals surface area contributed by atoms with Crippen molar-refractivity contribution in [3.8, 4) is 43.8 Å². The summed E-state index contributed by atoms with van der Waals surface area (Å²) in [6.07, 6.45) is 0. The first-order valence-electron chi connectivity index (χ1n) is 18.2. The Hall–Kier alpha value is -6.48. The molecule has 1 nitrogen and oxygen atoms in total. The van der Waals surface area contributed by atoms with Crippen LogP contribution < -0.4 is 0 Å². The van der Waals surface area contributed by atoms with Crippen LogP contribution in [-0.4, -0.2) is 0 Å². The average molecular weight is 693 g/mol. The first kappa shape index (κ1) is 30.2. The minimum absolute atomic E-state index is 0.894. The van der Waals surface area contributed by atoms with Gasteiger partial charge in [-0.05, 0) is 90.5 Å². The van der Waals surface area contributed by atoms with Gasteiger partial charge in [-0.15, -0.1) is 11.3 Å². The first-order valence-corrected chi connectivity index (χ1v) is 19.0. The number of hydrogen-bond donors (Lipinski definition) is 0. The summed E-state index contributed by atoms with van der Waals surface area (Å²) in [4.78, 5) is 2.62. The molecule has 0 aliphatic carbocycles. The molecule has 2 aromatic heterocycles. The predicted molar refractivity (Wildman–Crippen MR) is 228 cm³/mol. The van der Waals surface area contributed by atoms with Crippen molar-refractivity contribution in [3.63, 3.8) is 0 Å². The minimum Gasteiger partial charge on any atom is -0.455 e. The summed E-state index contributed by atoms with van der Waals surface area (Å²) < 4.78 is 7.03. The van der Waals surface area contributed by atoms with Crippen molar-refractivity contribution >= 4 is 76.4 Å². The van der Waals surface area contributed by atoms with Gasteiger partial charge in [0, 0.05) is 37.2 Å². The topological polar surface area (TPSA) is 13.1 Å². The van der Waals surface area contributed by atoms with Crippen molar-refractivity contribution in [1.29, 1.82) is 0 Å². The Labute approximate surface area is 311 Å². The molecule has 0 aliphatic heterocycles. The number of aryl methyl sites for hydroxylation is 1. The molecule has 0 amide bonds. The van der Waals surface area contributed by atoms with Gasteiger partial charge in [-0.3, -0.25) is 0 Å². The molecule has 11 aromatic rings. The molecule has 0 radical (unpaired) electrons. The summed E-state index contributed by atoms with van der Waals surface area (Å²) in [5, 5.41) is 12.2. The fourth-order valence-corrected chi connectivity index (χ4v) is 9.78. The molecule has 0 aliphatic rings. The van der Waals surface area contributed by atoms with Crippen LogP contribution in [0.15, 0.2) is 180 Å². The number of thiophene rings is 1. The standard InChI is InChI=1S/C51H32OS/c1-31-29-30-45(53-31)50-39-23-11-9-21-37(39)47(38-22-10-12-24-40(38)50)41-25-14-28-44-49(41)43-27-13-26-42(51(43)52-44)48-35-19-7-5-17-33(35)46(32-15-3-2-4-16-32)34-18-6-8-20-36(34)48/h2-30H,1H3. The number of hydrogen-bond acceptors (Lipinski definition) is 2. The van der Waals surface area contributed by atoms with Crippen molar-refractivity contribution < 1.29 is 4.42 Å². The van der Waals surface area contributed by atoms with Gasteiger partial charge >= 0.3 is 0 Å². The molecule has 248 valence electrons. The molecule has 0 fully saturated rings. The molecule has 0 unspecified atom stereocenters. The zero-order chi connectivity index (χ0) is 35.0. The van der Waals surface area contributed by atoms with E-state index < -0.39 is 0 Å². The van der Waals surface area contributed by atoms with E-state index in [1.54, 1.807) is 0 Å². The van der Waals surface area contributed by atoms with E-state index in [0.717, 1.165) is 27.5 Å². The molecular formula is C51H32OS. The van der Waals surface area contributed by atoms with Gasteiger partial charge in [0.15, 0.2) is 0 Å². The number of fused-ring (bicyclic) bond motifs is 7. The maximum absolute atomic E-state index is 7.03. The lowest BCUT2D eigenvalue weighted by molar-refractivity contribution is 0.670. The summed E-state index contributed by atoms with van der Waals surface area (Å²) in [6.45, 7) is 2.19. The summed E-state index contributed by atoms with van der Waals surface area (Å²) in [5.74, 6) is 0. The van der Waals surface area contributed by atoms with E-state index in [9.17, 15) is 0 Å². The summed E-state index contributed by atoms with van der Waals surface area (Å²) in [7, 11) is 0. The Morgan fingerprint density at radius 2 is 0.811 bits per heavy atom. The lowest BCUT2D eigenvalue weighted by atomic mass is 9.85. The molecule has 0 N–H and O–H groups in total. The Morgan fingerprint density at radius 3 is 1.36 bits per heavy atom. The predicted octanol–water partition coefficient (Wildman–Crippen LogP) is 15.2. The molecule has 11 rings (SSSR count). The molecule has 0 saturated carbocycles. The number of para-hydroxylation sites is 1. The quantitative estimate of drug-likeness (QED) is 0.167. The summed E-state index contributed by atoms with van der Waals surface area (Å²) >= 11 is 1.86. The molecule has 0 saturated heterocycles. The van der Waals surface area contributed by atoms with E-state index in [1.807, 2.05) is 11.3 Å². The molecule has 53 heavy (non-hydrogen) atoms. The van der Waals surface area contributed by atoms with Crippen LogP contribution >= 0.6 is 11.3 Å². The maximum Gasteiger partial charge on any atom is 0.143 e. The fraction of sp³-hybridized carbons (Fsp3) is 0.0196. The van der Waals surface area contributed by atoms with E-state index in [-0.39, 0.29) is 0 Å². The Kier molecular flexibility index (Phi) is 6.71. The zero-order valence-electron chi connectivity index (χ0n) is 29.1. The van der Waals surface area contributed by atoms with Crippen molar-refractivity contribution in [3.05, 3.63) is 181 Å². The van der Waals surface area contributed by atoms with E-state index in [1.165, 1.54) is 86.2 Å². The van der Waals surface area contributed by atoms with Crippen LogP contribution in [0, 0.1) is 6.92 Å². The lowest BCUT2D eigenvalue weighted by Gasteiger charge is -2.18. The number of benzene rings is 9. The Balaban J connectivity index is 1.24. The number of rotatable bonds is 4. The third-order valence-corrected chi connectivity index (χ3v) is 12.0. The second-order valence-electron chi connectivity index (χ2n) is 13.9. The minimum atomic E-state index is 0.894. The van der Waals surface area contributed by atoms with Gasteiger partial charge in [0.2, 0.25) is 0 Å². The highest BCUT2D eigenvalue weighted by molar-refractivity contribution is 7.15. The third-order valence-electron chi connectivity index (χ3n) is 11.0. The zero-order valence-corrected chi connectivity index (χ0v) is 29.9. The lowest BCUT2D eigenvalue weighted by Crippen LogP contribution is -1.91. The molecule has 2 heteroatoms. The van der Waals surface area contributed by atoms with Gasteiger partial charge in [0.1, 0.15) is 11.2 Å². The molecular weight excluding hydrogens is 661 g/mol. The Bertz CT molecular complexity index is 3120. The summed E-state index contributed by atoms with van der Waals surface area (Å²) in [5.41, 5.74) is 10.3. The van der Waals surface area contributed by atoms with Crippen LogP contribution in [0.5, 0.6) is 0 Å². The van der Waals surface area contributed by atoms with Crippen molar-refractivity contribution in [2.24, 2.45) is 0 Å². The molecule has 0 bridgehead atoms. The monoisotopic (exact) mass is 692 g/mol. The summed E-state index contributed by atoms with van der Waals surface area (Å²) in [6, 6.07) is 64.1. The van der Waals surface area contributed by atoms with Crippen LogP contribution in [0.1, 0.15) is 4.88 Å². The van der Waals surface area contributed by atoms with Crippen LogP contribution in [0.2, 0.25) is 0 Å². The highest BCUT2D eigenvalue weighted by Crippen LogP contribution is 2.50. The van der Waals surface area contributed by atoms with Crippen LogP contribution in [-0.2, 0) is 0 Å². The van der Waals surface area contributed by atoms with Crippen LogP contribution in [0.25, 0.3) is 109 Å². The second kappa shape index (κ2) is 11.8. The average Bonchev–Trinajstić information content (AvgIpc) is 3.82. The SMILES string of the molecule is Cc1ccc(-c2c3ccccc3c(-c3cccc4oc5c(-c6c7ccccc7c(-c7ccccc7)c7ccccc67)cccc5c34)c3ccccc23)s1. The van der Waals surface area contributed by atoms with Crippen LogP contribution in [0.3, 0.4) is 0 Å².